The third-order valence-electron chi connectivity index (χ3n) is 5.77. The van der Waals surface area contributed by atoms with Gasteiger partial charge in [0.25, 0.3) is 11.8 Å². The van der Waals surface area contributed by atoms with Crippen molar-refractivity contribution in [1.29, 1.82) is 0 Å². The summed E-state index contributed by atoms with van der Waals surface area (Å²) in [5.74, 6) is -0.163. The van der Waals surface area contributed by atoms with Crippen LogP contribution in [-0.2, 0) is 9.53 Å². The van der Waals surface area contributed by atoms with Crippen LogP contribution in [0.4, 0.5) is 0 Å². The molecular weight excluding hydrogens is 470 g/mol. The molecule has 0 saturated heterocycles. The number of rotatable bonds is 10. The van der Waals surface area contributed by atoms with E-state index in [1.807, 2.05) is 31.4 Å². The molecule has 35 heavy (non-hydrogen) atoms. The van der Waals surface area contributed by atoms with Crippen molar-refractivity contribution in [3.05, 3.63) is 48.0 Å². The highest BCUT2D eigenvalue weighted by atomic mass is 32.2. The zero-order valence-corrected chi connectivity index (χ0v) is 20.5. The van der Waals surface area contributed by atoms with Crippen molar-refractivity contribution in [2.75, 3.05) is 19.1 Å². The van der Waals surface area contributed by atoms with E-state index < -0.39 is 17.9 Å². The molecule has 10 nitrogen and oxygen atoms in total. The Bertz CT molecular complexity index is 1220. The molecule has 184 valence electrons. The number of aromatic nitrogens is 3. The molecule has 3 N–H and O–H groups in total. The van der Waals surface area contributed by atoms with Crippen LogP contribution in [0.1, 0.15) is 40.8 Å². The first-order chi connectivity index (χ1) is 16.9. The van der Waals surface area contributed by atoms with Crippen LogP contribution in [0.15, 0.2) is 40.9 Å². The average molecular weight is 498 g/mol. The number of benzene rings is 1. The lowest BCUT2D eigenvalue weighted by molar-refractivity contribution is -0.142. The number of oxazole rings is 1. The van der Waals surface area contributed by atoms with Crippen LogP contribution in [0.25, 0.3) is 22.7 Å². The molecule has 2 heterocycles. The standard InChI is InChI=1S/C24H27N5O5S/c1-13(14-7-8-14)26-21(30)18-10-17(28-29-18)15-5-4-6-16(9-15)23-25-11-20(34-23)22(31)27-19(12-35-3)24(32)33-2/h4-6,9-11,13-14,19H,7-8,12H2,1-3H3,(H,26,30)(H,27,31)(H,28,29)/t13-,19?/m0/s1. The van der Waals surface area contributed by atoms with Gasteiger partial charge >= 0.3 is 5.97 Å². The predicted octanol–water partition coefficient (Wildman–Crippen LogP) is 2.89. The van der Waals surface area contributed by atoms with Gasteiger partial charge in [-0.1, -0.05) is 12.1 Å². The molecule has 1 unspecified atom stereocenters. The lowest BCUT2D eigenvalue weighted by Gasteiger charge is -2.14. The van der Waals surface area contributed by atoms with E-state index in [0.29, 0.717) is 28.6 Å². The van der Waals surface area contributed by atoms with Crippen LogP contribution in [0.2, 0.25) is 0 Å². The van der Waals surface area contributed by atoms with E-state index in [-0.39, 0.29) is 23.6 Å². The third-order valence-corrected chi connectivity index (χ3v) is 6.44. The number of esters is 1. The Hall–Kier alpha value is -3.60. The van der Waals surface area contributed by atoms with E-state index in [2.05, 4.69) is 25.8 Å². The van der Waals surface area contributed by atoms with E-state index in [1.165, 1.54) is 25.1 Å². The van der Waals surface area contributed by atoms with Gasteiger partial charge < -0.3 is 19.8 Å². The Morgan fingerprint density at radius 2 is 1.97 bits per heavy atom. The molecule has 2 aromatic heterocycles. The topological polar surface area (TPSA) is 139 Å². The van der Waals surface area contributed by atoms with Gasteiger partial charge in [0.2, 0.25) is 11.7 Å². The van der Waals surface area contributed by atoms with Gasteiger partial charge in [-0.15, -0.1) is 0 Å². The molecule has 1 aromatic carbocycles. The van der Waals surface area contributed by atoms with Crippen LogP contribution in [0, 0.1) is 5.92 Å². The SMILES string of the molecule is COC(=O)C(CSC)NC(=O)c1cnc(-c2cccc(-c3cc(C(=O)N[C@@H](C)C4CC4)n[nH]3)c2)o1. The third kappa shape index (κ3) is 5.91. The summed E-state index contributed by atoms with van der Waals surface area (Å²) in [4.78, 5) is 41.1. The minimum absolute atomic E-state index is 0.0225. The van der Waals surface area contributed by atoms with E-state index in [4.69, 9.17) is 9.15 Å². The second-order valence-electron chi connectivity index (χ2n) is 8.38. The molecule has 0 spiro atoms. The Morgan fingerprint density at radius 3 is 2.69 bits per heavy atom. The van der Waals surface area contributed by atoms with Crippen LogP contribution in [-0.4, -0.2) is 64.2 Å². The van der Waals surface area contributed by atoms with Crippen LogP contribution in [0.5, 0.6) is 0 Å². The van der Waals surface area contributed by atoms with Gasteiger partial charge in [-0.3, -0.25) is 14.7 Å². The molecule has 3 aromatic rings. The minimum atomic E-state index is -0.793. The second-order valence-corrected chi connectivity index (χ2v) is 9.29. The van der Waals surface area contributed by atoms with E-state index >= 15 is 0 Å². The number of amides is 2. The summed E-state index contributed by atoms with van der Waals surface area (Å²) < 4.78 is 10.4. The quantitative estimate of drug-likeness (QED) is 0.363. The first-order valence-electron chi connectivity index (χ1n) is 11.2. The highest BCUT2D eigenvalue weighted by Crippen LogP contribution is 2.32. The zero-order valence-electron chi connectivity index (χ0n) is 19.7. The summed E-state index contributed by atoms with van der Waals surface area (Å²) in [5, 5.41) is 12.6. The zero-order chi connectivity index (χ0) is 24.9. The maximum absolute atomic E-state index is 12.6. The van der Waals surface area contributed by atoms with E-state index in [0.717, 1.165) is 18.4 Å². The molecule has 1 saturated carbocycles. The highest BCUT2D eigenvalue weighted by molar-refractivity contribution is 7.98. The number of nitrogens with zero attached hydrogens (tertiary/aromatic N) is 2. The number of methoxy groups -OCH3 is 1. The monoisotopic (exact) mass is 497 g/mol. The number of hydrogen-bond acceptors (Lipinski definition) is 8. The summed E-state index contributed by atoms with van der Waals surface area (Å²) in [6.07, 6.45) is 5.43. The molecule has 11 heteroatoms. The Balaban J connectivity index is 1.46. The Morgan fingerprint density at radius 1 is 1.20 bits per heavy atom. The number of carbonyl (C=O) groups is 3. The van der Waals surface area contributed by atoms with Crippen molar-refractivity contribution in [3.63, 3.8) is 0 Å². The largest absolute Gasteiger partial charge is 0.467 e. The van der Waals surface area contributed by atoms with Crippen LogP contribution < -0.4 is 10.6 Å². The fraction of sp³-hybridized carbons (Fsp3) is 0.375. The van der Waals surface area contributed by atoms with E-state index in [9.17, 15) is 14.4 Å². The van der Waals surface area contributed by atoms with Crippen molar-refractivity contribution in [1.82, 2.24) is 25.8 Å². The highest BCUT2D eigenvalue weighted by Gasteiger charge is 2.29. The van der Waals surface area contributed by atoms with Crippen molar-refractivity contribution < 1.29 is 23.5 Å². The van der Waals surface area contributed by atoms with Gasteiger partial charge in [0.1, 0.15) is 6.04 Å². The predicted molar refractivity (Wildman–Crippen MR) is 131 cm³/mol. The molecule has 0 radical (unpaired) electrons. The van der Waals surface area contributed by atoms with Gasteiger partial charge in [-0.05, 0) is 50.1 Å². The summed E-state index contributed by atoms with van der Waals surface area (Å²) in [7, 11) is 1.27. The average Bonchev–Trinajstić information content (AvgIpc) is 3.39. The van der Waals surface area contributed by atoms with Gasteiger partial charge in [-0.2, -0.15) is 16.9 Å². The fourth-order valence-corrected chi connectivity index (χ4v) is 4.17. The number of nitrogens with one attached hydrogen (secondary N) is 3. The smallest absolute Gasteiger partial charge is 0.329 e. The Labute approximate surface area is 206 Å². The molecule has 2 amide bonds. The van der Waals surface area contributed by atoms with Crippen molar-refractivity contribution in [2.24, 2.45) is 5.92 Å². The number of carbonyl (C=O) groups excluding carboxylic acids is 3. The summed E-state index contributed by atoms with van der Waals surface area (Å²) in [6, 6.07) is 8.33. The van der Waals surface area contributed by atoms with Gasteiger partial charge in [0.05, 0.1) is 19.0 Å². The van der Waals surface area contributed by atoms with Crippen molar-refractivity contribution in [2.45, 2.75) is 31.8 Å². The lowest BCUT2D eigenvalue weighted by Crippen LogP contribution is -2.43. The molecule has 0 aliphatic heterocycles. The van der Waals surface area contributed by atoms with E-state index in [1.54, 1.807) is 12.1 Å². The maximum Gasteiger partial charge on any atom is 0.329 e. The number of aromatic amines is 1. The number of thioether (sulfide) groups is 1. The number of ether oxygens (including phenoxy) is 1. The molecule has 1 aliphatic rings. The molecule has 1 fully saturated rings. The first-order valence-corrected chi connectivity index (χ1v) is 12.6. The van der Waals surface area contributed by atoms with Crippen molar-refractivity contribution in [3.8, 4) is 22.7 Å². The molecule has 4 rings (SSSR count). The minimum Gasteiger partial charge on any atom is -0.467 e. The Kier molecular flexibility index (Phi) is 7.54. The molecule has 1 aliphatic carbocycles. The lowest BCUT2D eigenvalue weighted by atomic mass is 10.1. The number of hydrogen-bond donors (Lipinski definition) is 3. The van der Waals surface area contributed by atoms with Crippen LogP contribution >= 0.6 is 11.8 Å². The van der Waals surface area contributed by atoms with Gasteiger partial charge in [-0.25, -0.2) is 9.78 Å². The summed E-state index contributed by atoms with van der Waals surface area (Å²) >= 11 is 1.41. The fourth-order valence-electron chi connectivity index (χ4n) is 3.62. The summed E-state index contributed by atoms with van der Waals surface area (Å²) in [6.45, 7) is 2.01. The summed E-state index contributed by atoms with van der Waals surface area (Å²) in [5.41, 5.74) is 2.40. The molecule has 2 atom stereocenters. The van der Waals surface area contributed by atoms with Crippen LogP contribution in [0.3, 0.4) is 0 Å². The molecule has 0 bridgehead atoms. The van der Waals surface area contributed by atoms with Gasteiger partial charge in [0, 0.05) is 22.9 Å². The maximum atomic E-state index is 12.6. The van der Waals surface area contributed by atoms with Gasteiger partial charge in [0.15, 0.2) is 5.69 Å². The molecular formula is C24H27N5O5S. The number of H-pyrrole nitrogens is 1. The second kappa shape index (κ2) is 10.8. The normalized spacial score (nSPS) is 14.7. The first kappa shape index (κ1) is 24.5. The van der Waals surface area contributed by atoms with Crippen molar-refractivity contribution >= 4 is 29.5 Å².